The van der Waals surface area contributed by atoms with E-state index in [1.165, 1.54) is 0 Å². The standard InChI is InChI=1S/C21H19BrN2O3/c1-12-8-9-18(16(22)10-12)24-19(25)11-27-21(26)20-13(2)15-6-4-5-7-17(15)23-14(20)3/h4-10H,11H2,1-3H3,(H,24,25). The fraction of sp³-hybridized carbons (Fsp3) is 0.190. The first kappa shape index (κ1) is 19.0. The number of amides is 1. The normalized spacial score (nSPS) is 10.7. The summed E-state index contributed by atoms with van der Waals surface area (Å²) < 4.78 is 6.00. The quantitative estimate of drug-likeness (QED) is 0.612. The van der Waals surface area contributed by atoms with Crippen LogP contribution in [0.1, 0.15) is 27.2 Å². The van der Waals surface area contributed by atoms with Crippen molar-refractivity contribution in [1.29, 1.82) is 0 Å². The summed E-state index contributed by atoms with van der Waals surface area (Å²) in [5.41, 5.74) is 4.30. The molecule has 2 aromatic carbocycles. The number of carbonyl (C=O) groups excluding carboxylic acids is 2. The average Bonchev–Trinajstić information content (AvgIpc) is 2.62. The molecule has 1 amide bonds. The van der Waals surface area contributed by atoms with Crippen LogP contribution in [0.15, 0.2) is 46.9 Å². The molecule has 0 aliphatic rings. The Balaban J connectivity index is 1.72. The molecular formula is C21H19BrN2O3. The van der Waals surface area contributed by atoms with Crippen LogP contribution >= 0.6 is 15.9 Å². The van der Waals surface area contributed by atoms with E-state index in [9.17, 15) is 9.59 Å². The van der Waals surface area contributed by atoms with E-state index in [-0.39, 0.29) is 6.61 Å². The fourth-order valence-electron chi connectivity index (χ4n) is 2.94. The lowest BCUT2D eigenvalue weighted by molar-refractivity contribution is -0.119. The lowest BCUT2D eigenvalue weighted by Crippen LogP contribution is -2.22. The molecule has 6 heteroatoms. The lowest BCUT2D eigenvalue weighted by Gasteiger charge is -2.12. The first-order chi connectivity index (χ1) is 12.9. The molecule has 138 valence electrons. The van der Waals surface area contributed by atoms with Gasteiger partial charge in [0.15, 0.2) is 6.61 Å². The number of halogens is 1. The molecule has 0 aliphatic carbocycles. The topological polar surface area (TPSA) is 68.3 Å². The van der Waals surface area contributed by atoms with Crippen molar-refractivity contribution in [3.05, 3.63) is 69.3 Å². The van der Waals surface area contributed by atoms with Crippen molar-refractivity contribution in [2.45, 2.75) is 20.8 Å². The number of pyridine rings is 1. The van der Waals surface area contributed by atoms with E-state index in [0.29, 0.717) is 16.9 Å². The summed E-state index contributed by atoms with van der Waals surface area (Å²) in [7, 11) is 0. The molecule has 0 saturated carbocycles. The zero-order chi connectivity index (χ0) is 19.6. The summed E-state index contributed by atoms with van der Waals surface area (Å²) in [5.74, 6) is -0.960. The number of aromatic nitrogens is 1. The van der Waals surface area contributed by atoms with Crippen LogP contribution in [-0.2, 0) is 9.53 Å². The molecule has 0 aliphatic heterocycles. The Morgan fingerprint density at radius 3 is 2.59 bits per heavy atom. The Morgan fingerprint density at radius 2 is 1.85 bits per heavy atom. The smallest absolute Gasteiger partial charge is 0.340 e. The van der Waals surface area contributed by atoms with Gasteiger partial charge in [0.1, 0.15) is 0 Å². The number of para-hydroxylation sites is 1. The van der Waals surface area contributed by atoms with Gasteiger partial charge in [0.25, 0.3) is 5.91 Å². The second-order valence-electron chi connectivity index (χ2n) is 6.32. The molecule has 5 nitrogen and oxygen atoms in total. The second kappa shape index (κ2) is 7.88. The Labute approximate surface area is 165 Å². The molecule has 0 fully saturated rings. The minimum atomic E-state index is -0.554. The summed E-state index contributed by atoms with van der Waals surface area (Å²) in [6.45, 7) is 5.21. The molecule has 0 radical (unpaired) electrons. The summed E-state index contributed by atoms with van der Waals surface area (Å²) in [6.07, 6.45) is 0. The second-order valence-corrected chi connectivity index (χ2v) is 7.18. The van der Waals surface area contributed by atoms with Crippen LogP contribution in [-0.4, -0.2) is 23.5 Å². The van der Waals surface area contributed by atoms with Crippen molar-refractivity contribution in [3.8, 4) is 0 Å². The molecular weight excluding hydrogens is 408 g/mol. The van der Waals surface area contributed by atoms with Gasteiger partial charge in [0.2, 0.25) is 0 Å². The number of benzene rings is 2. The molecule has 27 heavy (non-hydrogen) atoms. The number of fused-ring (bicyclic) bond motifs is 1. The third-order valence-electron chi connectivity index (χ3n) is 4.27. The summed E-state index contributed by atoms with van der Waals surface area (Å²) in [6, 6.07) is 13.2. The summed E-state index contributed by atoms with van der Waals surface area (Å²) >= 11 is 3.40. The van der Waals surface area contributed by atoms with Gasteiger partial charge >= 0.3 is 5.97 Å². The molecule has 0 spiro atoms. The minimum absolute atomic E-state index is 0.370. The van der Waals surface area contributed by atoms with Gasteiger partial charge in [0, 0.05) is 9.86 Å². The van der Waals surface area contributed by atoms with E-state index in [1.807, 2.05) is 50.2 Å². The van der Waals surface area contributed by atoms with Crippen molar-refractivity contribution in [2.24, 2.45) is 0 Å². The first-order valence-corrected chi connectivity index (χ1v) is 9.25. The highest BCUT2D eigenvalue weighted by Gasteiger charge is 2.19. The van der Waals surface area contributed by atoms with Crippen LogP contribution in [0.25, 0.3) is 10.9 Å². The van der Waals surface area contributed by atoms with Crippen molar-refractivity contribution in [1.82, 2.24) is 4.98 Å². The largest absolute Gasteiger partial charge is 0.452 e. The van der Waals surface area contributed by atoms with Crippen molar-refractivity contribution in [3.63, 3.8) is 0 Å². The van der Waals surface area contributed by atoms with Crippen molar-refractivity contribution >= 4 is 44.4 Å². The van der Waals surface area contributed by atoms with Gasteiger partial charge in [-0.15, -0.1) is 0 Å². The van der Waals surface area contributed by atoms with Crippen LogP contribution in [0.3, 0.4) is 0 Å². The number of rotatable bonds is 4. The maximum absolute atomic E-state index is 12.5. The van der Waals surface area contributed by atoms with E-state index < -0.39 is 11.9 Å². The molecule has 3 aromatic rings. The van der Waals surface area contributed by atoms with E-state index in [0.717, 1.165) is 26.5 Å². The number of nitrogens with zero attached hydrogens (tertiary/aromatic N) is 1. The van der Waals surface area contributed by atoms with Gasteiger partial charge in [-0.25, -0.2) is 4.79 Å². The first-order valence-electron chi connectivity index (χ1n) is 8.46. The maximum Gasteiger partial charge on any atom is 0.340 e. The zero-order valence-corrected chi connectivity index (χ0v) is 16.9. The number of ether oxygens (including phenoxy) is 1. The SMILES string of the molecule is Cc1ccc(NC(=O)COC(=O)c2c(C)nc3ccccc3c2C)c(Br)c1. The van der Waals surface area contributed by atoms with E-state index in [4.69, 9.17) is 4.74 Å². The van der Waals surface area contributed by atoms with Crippen LogP contribution < -0.4 is 5.32 Å². The van der Waals surface area contributed by atoms with Gasteiger partial charge < -0.3 is 10.1 Å². The van der Waals surface area contributed by atoms with Crippen molar-refractivity contribution in [2.75, 3.05) is 11.9 Å². The molecule has 0 atom stereocenters. The molecule has 0 bridgehead atoms. The van der Waals surface area contributed by atoms with Crippen molar-refractivity contribution < 1.29 is 14.3 Å². The number of esters is 1. The Kier molecular flexibility index (Phi) is 5.56. The third-order valence-corrected chi connectivity index (χ3v) is 4.93. The van der Waals surface area contributed by atoms with E-state index in [2.05, 4.69) is 26.2 Å². The molecule has 1 heterocycles. The summed E-state index contributed by atoms with van der Waals surface area (Å²) in [4.78, 5) is 29.2. The van der Waals surface area contributed by atoms with Gasteiger partial charge in [-0.05, 0) is 66.0 Å². The molecule has 0 saturated heterocycles. The molecule has 3 rings (SSSR count). The predicted molar refractivity (Wildman–Crippen MR) is 109 cm³/mol. The van der Waals surface area contributed by atoms with E-state index >= 15 is 0 Å². The Hall–Kier alpha value is -2.73. The lowest BCUT2D eigenvalue weighted by atomic mass is 10.0. The van der Waals surface area contributed by atoms with Crippen LogP contribution in [0.4, 0.5) is 5.69 Å². The number of carbonyl (C=O) groups is 2. The Morgan fingerprint density at radius 1 is 1.11 bits per heavy atom. The van der Waals surface area contributed by atoms with Crippen LogP contribution in [0.2, 0.25) is 0 Å². The monoisotopic (exact) mass is 426 g/mol. The van der Waals surface area contributed by atoms with Gasteiger partial charge in [-0.1, -0.05) is 24.3 Å². The highest BCUT2D eigenvalue weighted by atomic mass is 79.9. The molecule has 1 aromatic heterocycles. The summed E-state index contributed by atoms with van der Waals surface area (Å²) in [5, 5.41) is 3.62. The molecule has 1 N–H and O–H groups in total. The third kappa shape index (κ3) is 4.17. The predicted octanol–water partition coefficient (Wildman–Crippen LogP) is 4.72. The van der Waals surface area contributed by atoms with Gasteiger partial charge in [0.05, 0.1) is 22.5 Å². The number of nitrogens with one attached hydrogen (secondary N) is 1. The van der Waals surface area contributed by atoms with Gasteiger partial charge in [-0.3, -0.25) is 9.78 Å². The fourth-order valence-corrected chi connectivity index (χ4v) is 3.54. The van der Waals surface area contributed by atoms with E-state index in [1.54, 1.807) is 13.0 Å². The van der Waals surface area contributed by atoms with Gasteiger partial charge in [-0.2, -0.15) is 0 Å². The minimum Gasteiger partial charge on any atom is -0.452 e. The van der Waals surface area contributed by atoms with Crippen LogP contribution in [0.5, 0.6) is 0 Å². The Bertz CT molecular complexity index is 1050. The number of hydrogen-bond donors (Lipinski definition) is 1. The number of aryl methyl sites for hydroxylation is 3. The zero-order valence-electron chi connectivity index (χ0n) is 15.3. The average molecular weight is 427 g/mol. The molecule has 0 unspecified atom stereocenters. The number of hydrogen-bond acceptors (Lipinski definition) is 4. The highest BCUT2D eigenvalue weighted by Crippen LogP contribution is 2.24. The highest BCUT2D eigenvalue weighted by molar-refractivity contribution is 9.10. The maximum atomic E-state index is 12.5. The number of anilines is 1. The van der Waals surface area contributed by atoms with Crippen LogP contribution in [0, 0.1) is 20.8 Å².